The zero-order valence-electron chi connectivity index (χ0n) is 8.73. The van der Waals surface area contributed by atoms with Crippen LogP contribution in [0.2, 0.25) is 0 Å². The molecule has 1 N–H and O–H groups in total. The van der Waals surface area contributed by atoms with E-state index in [1.807, 2.05) is 0 Å². The van der Waals surface area contributed by atoms with Crippen molar-refractivity contribution in [3.63, 3.8) is 0 Å². The number of ketones is 1. The second kappa shape index (κ2) is 4.70. The molecule has 0 heterocycles. The number of benzene rings is 1. The van der Waals surface area contributed by atoms with Gasteiger partial charge in [0.1, 0.15) is 0 Å². The SMILES string of the molecule is CN(C)C(=O)C(=O)c1ccc(CO)cc1. The van der Waals surface area contributed by atoms with Gasteiger partial charge in [0.2, 0.25) is 5.78 Å². The number of nitrogens with zero attached hydrogens (tertiary/aromatic N) is 1. The van der Waals surface area contributed by atoms with Crippen molar-refractivity contribution in [2.75, 3.05) is 14.1 Å². The summed E-state index contributed by atoms with van der Waals surface area (Å²) in [6.45, 7) is -0.0733. The number of hydrogen-bond donors (Lipinski definition) is 1. The molecule has 0 bridgehead atoms. The van der Waals surface area contributed by atoms with E-state index in [4.69, 9.17) is 5.11 Å². The van der Waals surface area contributed by atoms with E-state index in [9.17, 15) is 9.59 Å². The minimum absolute atomic E-state index is 0.0733. The molecule has 0 fully saturated rings. The highest BCUT2D eigenvalue weighted by molar-refractivity contribution is 6.42. The molecule has 80 valence electrons. The fourth-order valence-electron chi connectivity index (χ4n) is 1.09. The van der Waals surface area contributed by atoms with Crippen LogP contribution < -0.4 is 0 Å². The first kappa shape index (κ1) is 11.4. The number of Topliss-reactive ketones (excluding diaryl/α,β-unsaturated/α-hetero) is 1. The number of likely N-dealkylation sites (N-methyl/N-ethyl adjacent to an activating group) is 1. The van der Waals surface area contributed by atoms with Crippen molar-refractivity contribution in [3.8, 4) is 0 Å². The molecule has 0 aliphatic carbocycles. The number of amides is 1. The summed E-state index contributed by atoms with van der Waals surface area (Å²) in [4.78, 5) is 24.1. The maximum Gasteiger partial charge on any atom is 0.294 e. The first-order valence-electron chi connectivity index (χ1n) is 4.52. The summed E-state index contributed by atoms with van der Waals surface area (Å²) in [5.41, 5.74) is 1.05. The summed E-state index contributed by atoms with van der Waals surface area (Å²) in [5.74, 6) is -1.09. The molecule has 0 radical (unpaired) electrons. The smallest absolute Gasteiger partial charge is 0.294 e. The highest BCUT2D eigenvalue weighted by Gasteiger charge is 2.17. The minimum Gasteiger partial charge on any atom is -0.392 e. The molecule has 0 aliphatic rings. The lowest BCUT2D eigenvalue weighted by atomic mass is 10.1. The van der Waals surface area contributed by atoms with Crippen molar-refractivity contribution in [1.82, 2.24) is 4.90 Å². The van der Waals surface area contributed by atoms with Crippen molar-refractivity contribution < 1.29 is 14.7 Å². The highest BCUT2D eigenvalue weighted by Crippen LogP contribution is 2.06. The number of carbonyl (C=O) groups is 2. The maximum atomic E-state index is 11.5. The Morgan fingerprint density at radius 1 is 1.20 bits per heavy atom. The van der Waals surface area contributed by atoms with Crippen LogP contribution in [0.15, 0.2) is 24.3 Å². The summed E-state index contributed by atoms with van der Waals surface area (Å²) in [6.07, 6.45) is 0. The van der Waals surface area contributed by atoms with Gasteiger partial charge in [-0.25, -0.2) is 0 Å². The summed E-state index contributed by atoms with van der Waals surface area (Å²) in [6, 6.07) is 6.32. The lowest BCUT2D eigenvalue weighted by molar-refractivity contribution is -0.124. The Morgan fingerprint density at radius 2 is 1.73 bits per heavy atom. The Bertz CT molecular complexity index is 368. The lowest BCUT2D eigenvalue weighted by Gasteiger charge is -2.08. The third-order valence-electron chi connectivity index (χ3n) is 2.00. The van der Waals surface area contributed by atoms with Gasteiger partial charge in [0, 0.05) is 19.7 Å². The topological polar surface area (TPSA) is 57.6 Å². The molecule has 4 heteroatoms. The van der Waals surface area contributed by atoms with E-state index < -0.39 is 11.7 Å². The molecule has 1 aromatic rings. The van der Waals surface area contributed by atoms with Crippen molar-refractivity contribution in [3.05, 3.63) is 35.4 Å². The van der Waals surface area contributed by atoms with Crippen LogP contribution in [0.5, 0.6) is 0 Å². The van der Waals surface area contributed by atoms with Gasteiger partial charge in [-0.15, -0.1) is 0 Å². The van der Waals surface area contributed by atoms with Gasteiger partial charge in [0.05, 0.1) is 6.61 Å². The van der Waals surface area contributed by atoms with Crippen molar-refractivity contribution in [1.29, 1.82) is 0 Å². The Kier molecular flexibility index (Phi) is 3.57. The first-order chi connectivity index (χ1) is 7.06. The van der Waals surface area contributed by atoms with Crippen LogP contribution in [0.25, 0.3) is 0 Å². The van der Waals surface area contributed by atoms with Gasteiger partial charge in [-0.3, -0.25) is 9.59 Å². The third-order valence-corrected chi connectivity index (χ3v) is 2.00. The molecule has 0 aromatic heterocycles. The van der Waals surface area contributed by atoms with Crippen LogP contribution in [0.1, 0.15) is 15.9 Å². The zero-order valence-corrected chi connectivity index (χ0v) is 8.73. The molecule has 0 saturated carbocycles. The van der Waals surface area contributed by atoms with E-state index in [2.05, 4.69) is 0 Å². The largest absolute Gasteiger partial charge is 0.392 e. The molecule has 0 spiro atoms. The third kappa shape index (κ3) is 2.63. The molecular weight excluding hydrogens is 194 g/mol. The number of carbonyl (C=O) groups excluding carboxylic acids is 2. The number of rotatable bonds is 3. The molecule has 0 unspecified atom stereocenters. The molecule has 1 amide bonds. The lowest BCUT2D eigenvalue weighted by Crippen LogP contribution is -2.29. The van der Waals surface area contributed by atoms with Crippen LogP contribution >= 0.6 is 0 Å². The summed E-state index contributed by atoms with van der Waals surface area (Å²) in [7, 11) is 3.06. The molecule has 0 atom stereocenters. The average molecular weight is 207 g/mol. The monoisotopic (exact) mass is 207 g/mol. The molecule has 0 saturated heterocycles. The quantitative estimate of drug-likeness (QED) is 0.578. The zero-order chi connectivity index (χ0) is 11.4. The Labute approximate surface area is 88.1 Å². The second-order valence-corrected chi connectivity index (χ2v) is 3.38. The molecule has 4 nitrogen and oxygen atoms in total. The molecule has 1 aromatic carbocycles. The van der Waals surface area contributed by atoms with Crippen molar-refractivity contribution in [2.24, 2.45) is 0 Å². The maximum absolute atomic E-state index is 11.5. The van der Waals surface area contributed by atoms with Crippen molar-refractivity contribution in [2.45, 2.75) is 6.61 Å². The van der Waals surface area contributed by atoms with E-state index in [1.165, 1.54) is 31.1 Å². The van der Waals surface area contributed by atoms with Gasteiger partial charge in [-0.1, -0.05) is 24.3 Å². The standard InChI is InChI=1S/C11H13NO3/c1-12(2)11(15)10(14)9-5-3-8(7-13)4-6-9/h3-6,13H,7H2,1-2H3. The predicted octanol–water partition coefficient (Wildman–Crippen LogP) is 0.450. The van der Waals surface area contributed by atoms with Gasteiger partial charge in [-0.05, 0) is 5.56 Å². The summed E-state index contributed by atoms with van der Waals surface area (Å²) < 4.78 is 0. The van der Waals surface area contributed by atoms with Crippen LogP contribution in [-0.2, 0) is 11.4 Å². The Balaban J connectivity index is 2.88. The average Bonchev–Trinajstić information content (AvgIpc) is 2.27. The molecular formula is C11H13NO3. The van der Waals surface area contributed by atoms with Gasteiger partial charge >= 0.3 is 0 Å². The number of hydrogen-bond acceptors (Lipinski definition) is 3. The van der Waals surface area contributed by atoms with Gasteiger partial charge in [0.25, 0.3) is 5.91 Å². The Hall–Kier alpha value is -1.68. The van der Waals surface area contributed by atoms with Gasteiger partial charge in [-0.2, -0.15) is 0 Å². The van der Waals surface area contributed by atoms with Gasteiger partial charge in [0.15, 0.2) is 0 Å². The van der Waals surface area contributed by atoms with E-state index in [0.29, 0.717) is 11.1 Å². The number of aliphatic hydroxyl groups is 1. The molecule has 1 rings (SSSR count). The predicted molar refractivity (Wildman–Crippen MR) is 55.4 cm³/mol. The highest BCUT2D eigenvalue weighted by atomic mass is 16.3. The first-order valence-corrected chi connectivity index (χ1v) is 4.52. The fraction of sp³-hybridized carbons (Fsp3) is 0.273. The van der Waals surface area contributed by atoms with E-state index in [1.54, 1.807) is 12.1 Å². The normalized spacial score (nSPS) is 9.80. The minimum atomic E-state index is -0.549. The van der Waals surface area contributed by atoms with Crippen LogP contribution in [0, 0.1) is 0 Å². The van der Waals surface area contributed by atoms with E-state index in [-0.39, 0.29) is 6.61 Å². The summed E-state index contributed by atoms with van der Waals surface area (Å²) >= 11 is 0. The van der Waals surface area contributed by atoms with Crippen LogP contribution in [0.3, 0.4) is 0 Å². The van der Waals surface area contributed by atoms with Crippen molar-refractivity contribution >= 4 is 11.7 Å². The van der Waals surface area contributed by atoms with E-state index in [0.717, 1.165) is 0 Å². The van der Waals surface area contributed by atoms with E-state index >= 15 is 0 Å². The molecule has 15 heavy (non-hydrogen) atoms. The van der Waals surface area contributed by atoms with Crippen LogP contribution in [-0.4, -0.2) is 35.8 Å². The Morgan fingerprint density at radius 3 is 2.13 bits per heavy atom. The second-order valence-electron chi connectivity index (χ2n) is 3.38. The van der Waals surface area contributed by atoms with Crippen LogP contribution in [0.4, 0.5) is 0 Å². The summed E-state index contributed by atoms with van der Waals surface area (Å²) in [5, 5.41) is 8.80. The fourth-order valence-corrected chi connectivity index (χ4v) is 1.09. The van der Waals surface area contributed by atoms with Gasteiger partial charge < -0.3 is 10.0 Å². The molecule has 0 aliphatic heterocycles. The number of aliphatic hydroxyl groups excluding tert-OH is 1.